The summed E-state index contributed by atoms with van der Waals surface area (Å²) in [4.78, 5) is 0. The van der Waals surface area contributed by atoms with Crippen molar-refractivity contribution in [1.82, 2.24) is 0 Å². The Balaban J connectivity index is 1.52. The van der Waals surface area contributed by atoms with Crippen molar-refractivity contribution in [1.29, 1.82) is 0 Å². The van der Waals surface area contributed by atoms with Crippen LogP contribution in [-0.2, 0) is 6.42 Å². The quantitative estimate of drug-likeness (QED) is 0.164. The summed E-state index contributed by atoms with van der Waals surface area (Å²) in [6.45, 7) is 2.21. The van der Waals surface area contributed by atoms with Gasteiger partial charge in [-0.2, -0.15) is 0 Å². The first kappa shape index (κ1) is 27.2. The van der Waals surface area contributed by atoms with Crippen molar-refractivity contribution in [2.24, 2.45) is 0 Å². The highest BCUT2D eigenvalue weighted by Gasteiger charge is 2.25. The van der Waals surface area contributed by atoms with E-state index in [1.165, 1.54) is 37.4 Å². The smallest absolute Gasteiger partial charge is 0.138 e. The van der Waals surface area contributed by atoms with Crippen molar-refractivity contribution < 1.29 is 4.74 Å². The van der Waals surface area contributed by atoms with E-state index in [4.69, 9.17) is 4.74 Å². The zero-order valence-corrected chi connectivity index (χ0v) is 24.9. The van der Waals surface area contributed by atoms with E-state index in [1.807, 2.05) is 0 Å². The van der Waals surface area contributed by atoms with E-state index >= 15 is 0 Å². The summed E-state index contributed by atoms with van der Waals surface area (Å²) in [7, 11) is -1.63. The molecule has 0 atom stereocenters. The summed E-state index contributed by atoms with van der Waals surface area (Å²) in [5.41, 5.74) is 1.22. The second-order valence-electron chi connectivity index (χ2n) is 9.70. The van der Waals surface area contributed by atoms with Crippen LogP contribution in [0, 0.1) is 0 Å². The molecule has 0 heterocycles. The zero-order chi connectivity index (χ0) is 27.9. The topological polar surface area (TPSA) is 9.23 Å². The van der Waals surface area contributed by atoms with E-state index in [0.29, 0.717) is 0 Å². The number of para-hydroxylation sites is 2. The number of ether oxygens (including phenoxy) is 1. The van der Waals surface area contributed by atoms with Crippen LogP contribution in [0.4, 0.5) is 0 Å². The van der Waals surface area contributed by atoms with E-state index < -0.39 is 15.8 Å². The summed E-state index contributed by atoms with van der Waals surface area (Å²) in [5, 5.41) is 7.72. The van der Waals surface area contributed by atoms with E-state index in [0.717, 1.165) is 17.9 Å². The summed E-state index contributed by atoms with van der Waals surface area (Å²) in [5.74, 6) is 1.90. The molecule has 0 amide bonds. The molecule has 0 saturated heterocycles. The Bertz CT molecular complexity index is 1610. The Morgan fingerprint density at radius 3 is 1.27 bits per heavy atom. The lowest BCUT2D eigenvalue weighted by Crippen LogP contribution is -2.24. The molecule has 0 saturated carbocycles. The third kappa shape index (κ3) is 6.03. The number of rotatable bonds is 9. The zero-order valence-electron chi connectivity index (χ0n) is 23.1. The molecule has 3 heteroatoms. The largest absolute Gasteiger partial charge is 0.456 e. The fraction of sp³-hybridized carbons (Fsp3) is 0.0526. The van der Waals surface area contributed by atoms with Crippen LogP contribution in [-0.4, -0.2) is 0 Å². The van der Waals surface area contributed by atoms with Crippen molar-refractivity contribution in [3.63, 3.8) is 0 Å². The summed E-state index contributed by atoms with van der Waals surface area (Å²) in [6, 6.07) is 58.7. The third-order valence-corrected chi connectivity index (χ3v) is 12.0. The van der Waals surface area contributed by atoms with Gasteiger partial charge >= 0.3 is 0 Å². The normalized spacial score (nSPS) is 11.1. The molecule has 6 rings (SSSR count). The first-order valence-electron chi connectivity index (χ1n) is 14.0. The SMILES string of the molecule is CCc1cccc(P(c2ccccc2)c2ccccc2)c1Oc1ccccc1P(c1ccccc1)c1ccccc1. The molecule has 6 aromatic carbocycles. The molecular formula is C38H32OP2. The van der Waals surface area contributed by atoms with Crippen LogP contribution in [0.5, 0.6) is 11.5 Å². The Labute approximate surface area is 246 Å². The minimum absolute atomic E-state index is 0.809. The van der Waals surface area contributed by atoms with Crippen molar-refractivity contribution in [3.8, 4) is 11.5 Å². The highest BCUT2D eigenvalue weighted by Crippen LogP contribution is 2.42. The molecule has 0 aliphatic heterocycles. The van der Waals surface area contributed by atoms with Crippen molar-refractivity contribution >= 4 is 47.7 Å². The van der Waals surface area contributed by atoms with Gasteiger partial charge in [-0.1, -0.05) is 165 Å². The average molecular weight is 567 g/mol. The standard InChI is InChI=1S/C38H32OP2/c1-2-30-18-17-29-37(41(33-23-11-5-12-24-33)34-25-13-6-14-26-34)38(30)39-35-27-15-16-28-36(35)40(31-19-7-3-8-20-31)32-21-9-4-10-22-32/h3-29H,2H2,1H3. The lowest BCUT2D eigenvalue weighted by Gasteiger charge is -2.26. The van der Waals surface area contributed by atoms with E-state index in [2.05, 4.69) is 171 Å². The molecule has 0 N–H and O–H groups in total. The highest BCUT2D eigenvalue weighted by molar-refractivity contribution is 7.80. The Kier molecular flexibility index (Phi) is 8.68. The second-order valence-corrected chi connectivity index (χ2v) is 14.1. The second kappa shape index (κ2) is 13.1. The monoisotopic (exact) mass is 566 g/mol. The van der Waals surface area contributed by atoms with Gasteiger partial charge in [-0.3, -0.25) is 0 Å². The molecule has 0 unspecified atom stereocenters. The molecular weight excluding hydrogens is 534 g/mol. The van der Waals surface area contributed by atoms with Gasteiger partial charge in [0.15, 0.2) is 0 Å². The fourth-order valence-corrected chi connectivity index (χ4v) is 9.94. The Morgan fingerprint density at radius 1 is 0.415 bits per heavy atom. The molecule has 200 valence electrons. The van der Waals surface area contributed by atoms with Gasteiger partial charge in [-0.25, -0.2) is 0 Å². The van der Waals surface area contributed by atoms with Gasteiger partial charge in [-0.05, 0) is 55.1 Å². The minimum atomic E-state index is -0.817. The lowest BCUT2D eigenvalue weighted by molar-refractivity contribution is 0.485. The summed E-state index contributed by atoms with van der Waals surface area (Å²) >= 11 is 0. The van der Waals surface area contributed by atoms with Crippen LogP contribution in [0.25, 0.3) is 0 Å². The van der Waals surface area contributed by atoms with Crippen LogP contribution in [0.2, 0.25) is 0 Å². The maximum absolute atomic E-state index is 7.14. The van der Waals surface area contributed by atoms with Crippen LogP contribution in [0.1, 0.15) is 12.5 Å². The third-order valence-electron chi connectivity index (χ3n) is 7.07. The first-order chi connectivity index (χ1) is 20.3. The van der Waals surface area contributed by atoms with Gasteiger partial charge in [0.1, 0.15) is 11.5 Å². The number of aryl methyl sites for hydroxylation is 1. The van der Waals surface area contributed by atoms with E-state index in [1.54, 1.807) is 0 Å². The Morgan fingerprint density at radius 2 is 0.805 bits per heavy atom. The van der Waals surface area contributed by atoms with Gasteiger partial charge in [0.05, 0.1) is 0 Å². The lowest BCUT2D eigenvalue weighted by atomic mass is 10.1. The Hall–Kier alpha value is -4.02. The number of hydrogen-bond acceptors (Lipinski definition) is 1. The van der Waals surface area contributed by atoms with Crippen molar-refractivity contribution in [3.05, 3.63) is 169 Å². The molecule has 41 heavy (non-hydrogen) atoms. The van der Waals surface area contributed by atoms with E-state index in [9.17, 15) is 0 Å². The van der Waals surface area contributed by atoms with Crippen LogP contribution >= 0.6 is 15.8 Å². The van der Waals surface area contributed by atoms with Gasteiger partial charge < -0.3 is 4.74 Å². The predicted octanol–water partition coefficient (Wildman–Crippen LogP) is 7.56. The van der Waals surface area contributed by atoms with Crippen molar-refractivity contribution in [2.45, 2.75) is 13.3 Å². The molecule has 6 aromatic rings. The highest BCUT2D eigenvalue weighted by atomic mass is 31.1. The minimum Gasteiger partial charge on any atom is -0.456 e. The van der Waals surface area contributed by atoms with Crippen LogP contribution in [0.3, 0.4) is 0 Å². The maximum Gasteiger partial charge on any atom is 0.138 e. The molecule has 0 aliphatic carbocycles. The molecule has 0 aromatic heterocycles. The summed E-state index contributed by atoms with van der Waals surface area (Å²) in [6.07, 6.45) is 0.893. The molecule has 0 aliphatic rings. The summed E-state index contributed by atoms with van der Waals surface area (Å²) < 4.78 is 7.14. The predicted molar refractivity (Wildman–Crippen MR) is 180 cm³/mol. The fourth-order valence-electron chi connectivity index (χ4n) is 5.14. The molecule has 1 nitrogen and oxygen atoms in total. The van der Waals surface area contributed by atoms with Crippen LogP contribution in [0.15, 0.2) is 164 Å². The maximum atomic E-state index is 7.14. The van der Waals surface area contributed by atoms with Crippen LogP contribution < -0.4 is 36.6 Å². The average Bonchev–Trinajstić information content (AvgIpc) is 3.05. The molecule has 0 bridgehead atoms. The van der Waals surface area contributed by atoms with Gasteiger partial charge in [0, 0.05) is 10.6 Å². The van der Waals surface area contributed by atoms with Gasteiger partial charge in [0.25, 0.3) is 0 Å². The molecule has 0 spiro atoms. The number of hydrogen-bond donors (Lipinski definition) is 0. The van der Waals surface area contributed by atoms with Gasteiger partial charge in [-0.15, -0.1) is 0 Å². The van der Waals surface area contributed by atoms with Crippen molar-refractivity contribution in [2.75, 3.05) is 0 Å². The molecule has 0 radical (unpaired) electrons. The molecule has 0 fully saturated rings. The number of benzene rings is 6. The first-order valence-corrected chi connectivity index (χ1v) is 16.7. The van der Waals surface area contributed by atoms with E-state index in [-0.39, 0.29) is 0 Å². The van der Waals surface area contributed by atoms with Gasteiger partial charge in [0.2, 0.25) is 0 Å².